The number of hydrogen-bond donors (Lipinski definition) is 1. The SMILES string of the molecule is CNC1CCC(C)(C)CC1Oc1ccc2c(c1)OCO2. The third-order valence-corrected chi connectivity index (χ3v) is 4.34. The average molecular weight is 277 g/mol. The largest absolute Gasteiger partial charge is 0.489 e. The standard InChI is InChI=1S/C16H23NO3/c1-16(2)7-6-12(17-3)15(9-16)20-11-4-5-13-14(8-11)19-10-18-13/h4-5,8,12,15,17H,6-7,9-10H2,1-3H3. The van der Waals surface area contributed by atoms with E-state index in [1.807, 2.05) is 25.2 Å². The maximum Gasteiger partial charge on any atom is 0.231 e. The maximum atomic E-state index is 6.22. The van der Waals surface area contributed by atoms with Crippen LogP contribution in [-0.2, 0) is 0 Å². The number of hydrogen-bond acceptors (Lipinski definition) is 4. The van der Waals surface area contributed by atoms with Crippen molar-refractivity contribution in [2.24, 2.45) is 5.41 Å². The van der Waals surface area contributed by atoms with Gasteiger partial charge in [-0.15, -0.1) is 0 Å². The Morgan fingerprint density at radius 2 is 2.05 bits per heavy atom. The summed E-state index contributed by atoms with van der Waals surface area (Å²) in [6.07, 6.45) is 3.65. The van der Waals surface area contributed by atoms with E-state index in [2.05, 4.69) is 19.2 Å². The van der Waals surface area contributed by atoms with E-state index in [1.54, 1.807) is 0 Å². The van der Waals surface area contributed by atoms with E-state index in [0.29, 0.717) is 18.2 Å². The lowest BCUT2D eigenvalue weighted by Crippen LogP contribution is -2.47. The highest BCUT2D eigenvalue weighted by atomic mass is 16.7. The molecule has 4 nitrogen and oxygen atoms in total. The van der Waals surface area contributed by atoms with Gasteiger partial charge in [0.2, 0.25) is 6.79 Å². The molecule has 0 saturated heterocycles. The van der Waals surface area contributed by atoms with Gasteiger partial charge in [0.05, 0.1) is 0 Å². The second-order valence-electron chi connectivity index (χ2n) is 6.47. The fraction of sp³-hybridized carbons (Fsp3) is 0.625. The molecule has 0 amide bonds. The Kier molecular flexibility index (Phi) is 3.50. The van der Waals surface area contributed by atoms with E-state index in [-0.39, 0.29) is 6.10 Å². The molecule has 110 valence electrons. The van der Waals surface area contributed by atoms with Gasteiger partial charge in [-0.1, -0.05) is 13.8 Å². The van der Waals surface area contributed by atoms with Gasteiger partial charge in [0.25, 0.3) is 0 Å². The van der Waals surface area contributed by atoms with Gasteiger partial charge in [0.15, 0.2) is 11.5 Å². The van der Waals surface area contributed by atoms with E-state index in [9.17, 15) is 0 Å². The molecule has 1 fully saturated rings. The van der Waals surface area contributed by atoms with Gasteiger partial charge >= 0.3 is 0 Å². The highest BCUT2D eigenvalue weighted by Gasteiger charge is 2.35. The first kappa shape index (κ1) is 13.6. The Balaban J connectivity index is 1.74. The number of rotatable bonds is 3. The molecule has 1 aliphatic carbocycles. The Bertz CT molecular complexity index is 487. The summed E-state index contributed by atoms with van der Waals surface area (Å²) in [6, 6.07) is 6.21. The minimum Gasteiger partial charge on any atom is -0.489 e. The molecule has 1 aliphatic heterocycles. The van der Waals surface area contributed by atoms with Crippen LogP contribution in [0.3, 0.4) is 0 Å². The van der Waals surface area contributed by atoms with Crippen molar-refractivity contribution in [1.82, 2.24) is 5.32 Å². The van der Waals surface area contributed by atoms with E-state index in [1.165, 1.54) is 6.42 Å². The minimum atomic E-state index is 0.198. The van der Waals surface area contributed by atoms with Crippen LogP contribution in [0.1, 0.15) is 33.1 Å². The molecule has 3 rings (SSSR count). The molecule has 1 aromatic carbocycles. The molecule has 0 spiro atoms. The first-order valence-corrected chi connectivity index (χ1v) is 7.31. The molecule has 4 heteroatoms. The summed E-state index contributed by atoms with van der Waals surface area (Å²) in [5.74, 6) is 2.43. The number of nitrogens with one attached hydrogen (secondary N) is 1. The maximum absolute atomic E-state index is 6.22. The number of fused-ring (bicyclic) bond motifs is 1. The van der Waals surface area contributed by atoms with Crippen LogP contribution in [0.15, 0.2) is 18.2 Å². The Labute approximate surface area is 120 Å². The van der Waals surface area contributed by atoms with Crippen molar-refractivity contribution >= 4 is 0 Å². The molecule has 2 unspecified atom stereocenters. The second-order valence-corrected chi connectivity index (χ2v) is 6.47. The normalized spacial score (nSPS) is 27.4. The fourth-order valence-corrected chi connectivity index (χ4v) is 3.10. The Morgan fingerprint density at radius 1 is 1.25 bits per heavy atom. The van der Waals surface area contributed by atoms with Gasteiger partial charge < -0.3 is 19.5 Å². The van der Waals surface area contributed by atoms with Gasteiger partial charge in [-0.05, 0) is 43.9 Å². The molecule has 0 aromatic heterocycles. The molecular formula is C16H23NO3. The van der Waals surface area contributed by atoms with Crippen molar-refractivity contribution in [3.63, 3.8) is 0 Å². The van der Waals surface area contributed by atoms with E-state index in [0.717, 1.165) is 30.1 Å². The van der Waals surface area contributed by atoms with E-state index < -0.39 is 0 Å². The average Bonchev–Trinajstić information content (AvgIpc) is 2.85. The second kappa shape index (κ2) is 5.17. The summed E-state index contributed by atoms with van der Waals surface area (Å²) in [7, 11) is 2.01. The molecule has 1 heterocycles. The van der Waals surface area contributed by atoms with Crippen molar-refractivity contribution in [1.29, 1.82) is 0 Å². The van der Waals surface area contributed by atoms with Crippen LogP contribution in [0.25, 0.3) is 0 Å². The van der Waals surface area contributed by atoms with Gasteiger partial charge in [-0.2, -0.15) is 0 Å². The predicted molar refractivity (Wildman–Crippen MR) is 77.5 cm³/mol. The summed E-state index contributed by atoms with van der Waals surface area (Å²) in [5, 5.41) is 3.38. The minimum absolute atomic E-state index is 0.198. The Morgan fingerprint density at radius 3 is 2.85 bits per heavy atom. The molecular weight excluding hydrogens is 254 g/mol. The van der Waals surface area contributed by atoms with Crippen LogP contribution in [0.4, 0.5) is 0 Å². The molecule has 2 atom stereocenters. The highest BCUT2D eigenvalue weighted by molar-refractivity contribution is 5.46. The summed E-state index contributed by atoms with van der Waals surface area (Å²) < 4.78 is 17.0. The van der Waals surface area contributed by atoms with Gasteiger partial charge in [0, 0.05) is 12.1 Å². The molecule has 1 saturated carbocycles. The van der Waals surface area contributed by atoms with Crippen LogP contribution >= 0.6 is 0 Å². The first-order valence-electron chi connectivity index (χ1n) is 7.31. The zero-order chi connectivity index (χ0) is 14.2. The lowest BCUT2D eigenvalue weighted by Gasteiger charge is -2.40. The summed E-state index contributed by atoms with van der Waals surface area (Å²) in [4.78, 5) is 0. The van der Waals surface area contributed by atoms with E-state index in [4.69, 9.17) is 14.2 Å². The van der Waals surface area contributed by atoms with Crippen LogP contribution in [0.2, 0.25) is 0 Å². The summed E-state index contributed by atoms with van der Waals surface area (Å²) in [5.41, 5.74) is 0.342. The zero-order valence-corrected chi connectivity index (χ0v) is 12.4. The van der Waals surface area contributed by atoms with Crippen molar-refractivity contribution in [2.75, 3.05) is 13.8 Å². The van der Waals surface area contributed by atoms with Gasteiger partial charge in [-0.25, -0.2) is 0 Å². The van der Waals surface area contributed by atoms with Gasteiger partial charge in [-0.3, -0.25) is 0 Å². The third kappa shape index (κ3) is 2.70. The summed E-state index contributed by atoms with van der Waals surface area (Å²) in [6.45, 7) is 4.93. The lowest BCUT2D eigenvalue weighted by atomic mass is 9.74. The van der Waals surface area contributed by atoms with Crippen LogP contribution in [0, 0.1) is 5.41 Å². The van der Waals surface area contributed by atoms with Crippen molar-refractivity contribution < 1.29 is 14.2 Å². The zero-order valence-electron chi connectivity index (χ0n) is 12.4. The number of benzene rings is 1. The van der Waals surface area contributed by atoms with Crippen LogP contribution in [-0.4, -0.2) is 26.0 Å². The Hall–Kier alpha value is -1.42. The number of ether oxygens (including phenoxy) is 3. The first-order chi connectivity index (χ1) is 9.57. The highest BCUT2D eigenvalue weighted by Crippen LogP contribution is 2.39. The quantitative estimate of drug-likeness (QED) is 0.922. The molecule has 1 N–H and O–H groups in total. The summed E-state index contributed by atoms with van der Waals surface area (Å²) >= 11 is 0. The molecule has 0 radical (unpaired) electrons. The number of likely N-dealkylation sites (N-methyl/N-ethyl adjacent to an activating group) is 1. The van der Waals surface area contributed by atoms with Gasteiger partial charge in [0.1, 0.15) is 11.9 Å². The van der Waals surface area contributed by atoms with Crippen molar-refractivity contribution in [2.45, 2.75) is 45.3 Å². The third-order valence-electron chi connectivity index (χ3n) is 4.34. The molecule has 1 aromatic rings. The van der Waals surface area contributed by atoms with Crippen molar-refractivity contribution in [3.8, 4) is 17.2 Å². The van der Waals surface area contributed by atoms with Crippen LogP contribution in [0.5, 0.6) is 17.2 Å². The van der Waals surface area contributed by atoms with Crippen LogP contribution < -0.4 is 19.5 Å². The topological polar surface area (TPSA) is 39.7 Å². The lowest BCUT2D eigenvalue weighted by molar-refractivity contribution is 0.0557. The monoisotopic (exact) mass is 277 g/mol. The molecule has 0 bridgehead atoms. The smallest absolute Gasteiger partial charge is 0.231 e. The predicted octanol–water partition coefficient (Wildman–Crippen LogP) is 2.96. The van der Waals surface area contributed by atoms with Crippen molar-refractivity contribution in [3.05, 3.63) is 18.2 Å². The van der Waals surface area contributed by atoms with E-state index >= 15 is 0 Å². The molecule has 2 aliphatic rings. The fourth-order valence-electron chi connectivity index (χ4n) is 3.10. The molecule has 20 heavy (non-hydrogen) atoms.